The van der Waals surface area contributed by atoms with Crippen molar-refractivity contribution in [3.05, 3.63) is 23.8 Å². The molecule has 3 heteroatoms. The Morgan fingerprint density at radius 2 is 2.22 bits per heavy atom. The molecule has 0 spiro atoms. The number of cyclic esters (lactones) is 1. The van der Waals surface area contributed by atoms with Crippen LogP contribution in [0.4, 0.5) is 0 Å². The number of rotatable bonds is 6. The van der Waals surface area contributed by atoms with Crippen molar-refractivity contribution >= 4 is 5.97 Å². The first kappa shape index (κ1) is 15.0. The molecule has 102 valence electrons. The Morgan fingerprint density at radius 3 is 2.72 bits per heavy atom. The third-order valence-electron chi connectivity index (χ3n) is 3.53. The molecule has 0 radical (unpaired) electrons. The highest BCUT2D eigenvalue weighted by molar-refractivity contribution is 5.84. The largest absolute Gasteiger partial charge is 0.452 e. The number of esters is 1. The molecule has 1 rings (SSSR count). The highest BCUT2D eigenvalue weighted by Crippen LogP contribution is 2.25. The molecule has 0 saturated heterocycles. The van der Waals surface area contributed by atoms with Crippen LogP contribution in [0.25, 0.3) is 0 Å². The Kier molecular flexibility index (Phi) is 5.60. The number of carbonyl (C=O) groups is 1. The third kappa shape index (κ3) is 4.30. The van der Waals surface area contributed by atoms with Crippen LogP contribution in [0, 0.1) is 11.8 Å². The van der Waals surface area contributed by atoms with Crippen molar-refractivity contribution in [1.29, 1.82) is 0 Å². The van der Waals surface area contributed by atoms with Gasteiger partial charge in [0.2, 0.25) is 0 Å². The van der Waals surface area contributed by atoms with Gasteiger partial charge in [-0.15, -0.1) is 0 Å². The first-order chi connectivity index (χ1) is 8.43. The van der Waals surface area contributed by atoms with Crippen LogP contribution in [-0.2, 0) is 9.53 Å². The predicted octanol–water partition coefficient (Wildman–Crippen LogP) is 2.85. The standard InChI is InChI=1S/C15H24O3/c1-5-10(2)8-11(3)9-12(4)15(17)13-6-7-14(16)18-13/h5-7,11-13,15,17H,8-9H2,1-4H3/b10-5+/t11-,12-,13-,15-/m0/s1. The van der Waals surface area contributed by atoms with E-state index in [0.29, 0.717) is 5.92 Å². The van der Waals surface area contributed by atoms with E-state index in [2.05, 4.69) is 19.9 Å². The minimum Gasteiger partial charge on any atom is -0.452 e. The maximum absolute atomic E-state index is 11.0. The monoisotopic (exact) mass is 252 g/mol. The van der Waals surface area contributed by atoms with Crippen LogP contribution in [0.3, 0.4) is 0 Å². The van der Waals surface area contributed by atoms with Gasteiger partial charge in [-0.1, -0.05) is 25.5 Å². The van der Waals surface area contributed by atoms with Gasteiger partial charge in [-0.2, -0.15) is 0 Å². The van der Waals surface area contributed by atoms with Crippen LogP contribution in [-0.4, -0.2) is 23.3 Å². The normalized spacial score (nSPS) is 24.8. The van der Waals surface area contributed by atoms with Crippen molar-refractivity contribution in [1.82, 2.24) is 0 Å². The molecule has 1 aliphatic heterocycles. The minimum absolute atomic E-state index is 0.116. The maximum Gasteiger partial charge on any atom is 0.331 e. The molecule has 3 nitrogen and oxygen atoms in total. The topological polar surface area (TPSA) is 46.5 Å². The number of aliphatic hydroxyl groups excluding tert-OH is 1. The van der Waals surface area contributed by atoms with Crippen LogP contribution in [0.15, 0.2) is 23.8 Å². The lowest BCUT2D eigenvalue weighted by atomic mass is 9.87. The summed E-state index contributed by atoms with van der Waals surface area (Å²) in [7, 11) is 0. The van der Waals surface area contributed by atoms with Gasteiger partial charge in [0.15, 0.2) is 0 Å². The number of hydrogen-bond donors (Lipinski definition) is 1. The van der Waals surface area contributed by atoms with Crippen LogP contribution in [0.2, 0.25) is 0 Å². The molecule has 0 aromatic heterocycles. The lowest BCUT2D eigenvalue weighted by molar-refractivity contribution is -0.144. The summed E-state index contributed by atoms with van der Waals surface area (Å²) in [5.74, 6) is 0.279. The summed E-state index contributed by atoms with van der Waals surface area (Å²) in [6.07, 6.45) is 6.05. The zero-order valence-corrected chi connectivity index (χ0v) is 11.7. The molecule has 18 heavy (non-hydrogen) atoms. The van der Waals surface area contributed by atoms with Crippen molar-refractivity contribution in [3.63, 3.8) is 0 Å². The average Bonchev–Trinajstić information content (AvgIpc) is 2.74. The van der Waals surface area contributed by atoms with E-state index < -0.39 is 12.2 Å². The fourth-order valence-corrected chi connectivity index (χ4v) is 2.42. The molecule has 1 aliphatic rings. The number of allylic oxidation sites excluding steroid dienone is 2. The van der Waals surface area contributed by atoms with Gasteiger partial charge in [0.25, 0.3) is 0 Å². The summed E-state index contributed by atoms with van der Waals surface area (Å²) in [6, 6.07) is 0. The van der Waals surface area contributed by atoms with Gasteiger partial charge in [-0.25, -0.2) is 4.79 Å². The van der Waals surface area contributed by atoms with E-state index in [4.69, 9.17) is 4.74 Å². The van der Waals surface area contributed by atoms with Gasteiger partial charge >= 0.3 is 5.97 Å². The zero-order chi connectivity index (χ0) is 13.7. The first-order valence-corrected chi connectivity index (χ1v) is 6.62. The molecule has 0 fully saturated rings. The number of aliphatic hydroxyl groups is 1. The minimum atomic E-state index is -0.610. The second-order valence-electron chi connectivity index (χ2n) is 5.41. The summed E-state index contributed by atoms with van der Waals surface area (Å²) in [5, 5.41) is 10.1. The molecule has 4 atom stereocenters. The van der Waals surface area contributed by atoms with E-state index >= 15 is 0 Å². The molecule has 0 aliphatic carbocycles. The molecular weight excluding hydrogens is 228 g/mol. The summed E-state index contributed by atoms with van der Waals surface area (Å²) in [6.45, 7) is 8.36. The van der Waals surface area contributed by atoms with E-state index in [-0.39, 0.29) is 11.9 Å². The number of carbonyl (C=O) groups excluding carboxylic acids is 1. The molecule has 1 N–H and O–H groups in total. The van der Waals surface area contributed by atoms with Crippen molar-refractivity contribution < 1.29 is 14.6 Å². The molecule has 0 amide bonds. The molecule has 0 aromatic carbocycles. The van der Waals surface area contributed by atoms with Crippen molar-refractivity contribution in [3.8, 4) is 0 Å². The van der Waals surface area contributed by atoms with E-state index in [1.807, 2.05) is 13.8 Å². The van der Waals surface area contributed by atoms with E-state index in [1.54, 1.807) is 6.08 Å². The number of hydrogen-bond acceptors (Lipinski definition) is 3. The molecule has 0 aromatic rings. The highest BCUT2D eigenvalue weighted by atomic mass is 16.6. The average molecular weight is 252 g/mol. The summed E-state index contributed by atoms with van der Waals surface area (Å²) in [4.78, 5) is 11.0. The van der Waals surface area contributed by atoms with Crippen molar-refractivity contribution in [2.45, 2.75) is 52.7 Å². The van der Waals surface area contributed by atoms with E-state index in [0.717, 1.165) is 12.8 Å². The van der Waals surface area contributed by atoms with Crippen molar-refractivity contribution in [2.24, 2.45) is 11.8 Å². The smallest absolute Gasteiger partial charge is 0.331 e. The molecular formula is C15H24O3. The van der Waals surface area contributed by atoms with Gasteiger partial charge in [-0.3, -0.25) is 0 Å². The van der Waals surface area contributed by atoms with Gasteiger partial charge in [0, 0.05) is 6.08 Å². The van der Waals surface area contributed by atoms with Gasteiger partial charge < -0.3 is 9.84 Å². The third-order valence-corrected chi connectivity index (χ3v) is 3.53. The van der Waals surface area contributed by atoms with Crippen molar-refractivity contribution in [2.75, 3.05) is 0 Å². The zero-order valence-electron chi connectivity index (χ0n) is 11.7. The molecule has 0 unspecified atom stereocenters. The summed E-state index contributed by atoms with van der Waals surface area (Å²) < 4.78 is 5.02. The van der Waals surface area contributed by atoms with E-state index in [1.165, 1.54) is 11.6 Å². The summed E-state index contributed by atoms with van der Waals surface area (Å²) >= 11 is 0. The Bertz CT molecular complexity index is 344. The van der Waals surface area contributed by atoms with E-state index in [9.17, 15) is 9.90 Å². The molecule has 0 saturated carbocycles. The van der Waals surface area contributed by atoms with Crippen LogP contribution in [0.1, 0.15) is 40.5 Å². The Morgan fingerprint density at radius 1 is 1.56 bits per heavy atom. The molecule has 1 heterocycles. The predicted molar refractivity (Wildman–Crippen MR) is 72.0 cm³/mol. The maximum atomic E-state index is 11.0. The second-order valence-corrected chi connectivity index (χ2v) is 5.41. The van der Waals surface area contributed by atoms with Crippen LogP contribution >= 0.6 is 0 Å². The SMILES string of the molecule is C/C=C(\C)C[C@H](C)C[C@H](C)[C@H](O)[C@@H]1C=CC(=O)O1. The fourth-order valence-electron chi connectivity index (χ4n) is 2.42. The Balaban J connectivity index is 2.42. The first-order valence-electron chi connectivity index (χ1n) is 6.62. The fraction of sp³-hybridized carbons (Fsp3) is 0.667. The van der Waals surface area contributed by atoms with Gasteiger partial charge in [0.05, 0.1) is 6.10 Å². The quantitative estimate of drug-likeness (QED) is 0.584. The Labute approximate surface area is 110 Å². The van der Waals surface area contributed by atoms with Crippen LogP contribution in [0.5, 0.6) is 0 Å². The number of ether oxygens (including phenoxy) is 1. The molecule has 0 bridgehead atoms. The second kappa shape index (κ2) is 6.74. The highest BCUT2D eigenvalue weighted by Gasteiger charge is 2.29. The van der Waals surface area contributed by atoms with Crippen LogP contribution < -0.4 is 0 Å². The Hall–Kier alpha value is -1.09. The lowest BCUT2D eigenvalue weighted by Gasteiger charge is -2.25. The van der Waals surface area contributed by atoms with Gasteiger partial charge in [-0.05, 0) is 44.6 Å². The lowest BCUT2D eigenvalue weighted by Crippen LogP contribution is -2.32. The summed E-state index contributed by atoms with van der Waals surface area (Å²) in [5.41, 5.74) is 1.37. The van der Waals surface area contributed by atoms with Gasteiger partial charge in [0.1, 0.15) is 6.10 Å².